The Balaban J connectivity index is 1.66. The van der Waals surface area contributed by atoms with E-state index < -0.39 is 11.5 Å². The summed E-state index contributed by atoms with van der Waals surface area (Å²) in [6.45, 7) is 4.25. The molecule has 0 aromatic heterocycles. The molecule has 0 aromatic rings. The number of amides is 3. The molecule has 0 bridgehead atoms. The number of nitrogens with zero attached hydrogens (tertiary/aromatic N) is 2. The largest absolute Gasteiger partial charge is 0.392 e. The molecule has 0 unspecified atom stereocenters. The topological polar surface area (TPSA) is 90.0 Å². The first-order valence-electron chi connectivity index (χ1n) is 8.95. The van der Waals surface area contributed by atoms with E-state index in [0.717, 1.165) is 6.42 Å². The van der Waals surface area contributed by atoms with Crippen molar-refractivity contribution in [2.24, 2.45) is 11.3 Å². The van der Waals surface area contributed by atoms with E-state index >= 15 is 0 Å². The molecule has 3 rings (SSSR count). The Labute approximate surface area is 142 Å². The monoisotopic (exact) mass is 337 g/mol. The zero-order valence-corrected chi connectivity index (χ0v) is 14.3. The van der Waals surface area contributed by atoms with Crippen LogP contribution in [0.25, 0.3) is 0 Å². The van der Waals surface area contributed by atoms with Gasteiger partial charge in [0, 0.05) is 45.6 Å². The zero-order chi connectivity index (χ0) is 17.3. The third-order valence-electron chi connectivity index (χ3n) is 5.92. The van der Waals surface area contributed by atoms with Crippen molar-refractivity contribution < 1.29 is 19.5 Å². The van der Waals surface area contributed by atoms with Gasteiger partial charge in [-0.05, 0) is 32.1 Å². The van der Waals surface area contributed by atoms with E-state index in [1.165, 1.54) is 0 Å². The quantitative estimate of drug-likeness (QED) is 0.689. The van der Waals surface area contributed by atoms with Crippen LogP contribution in [0.1, 0.15) is 39.0 Å². The molecular weight excluding hydrogens is 310 g/mol. The van der Waals surface area contributed by atoms with Crippen LogP contribution in [0.15, 0.2) is 0 Å². The number of nitrogens with one attached hydrogen (secondary N) is 1. The third kappa shape index (κ3) is 3.01. The van der Waals surface area contributed by atoms with Gasteiger partial charge in [-0.15, -0.1) is 0 Å². The molecule has 0 aromatic carbocycles. The third-order valence-corrected chi connectivity index (χ3v) is 5.92. The highest BCUT2D eigenvalue weighted by Crippen LogP contribution is 2.38. The van der Waals surface area contributed by atoms with Gasteiger partial charge in [0.25, 0.3) is 0 Å². The lowest BCUT2D eigenvalue weighted by Crippen LogP contribution is -2.62. The molecule has 3 saturated heterocycles. The van der Waals surface area contributed by atoms with Crippen molar-refractivity contribution in [3.63, 3.8) is 0 Å². The number of aliphatic hydroxyl groups is 1. The van der Waals surface area contributed by atoms with E-state index in [9.17, 15) is 19.5 Å². The standard InChI is InChI=1S/C17H27N3O4/c1-12(21)19-8-3-13(4-9-19)15(23)20-10-5-14(22)17(11-20)6-2-7-18-16(17)24/h13-14,22H,2-11H2,1H3,(H,18,24)/t14-,17-/m1/s1. The summed E-state index contributed by atoms with van der Waals surface area (Å²) in [6, 6.07) is 0. The van der Waals surface area contributed by atoms with E-state index in [4.69, 9.17) is 0 Å². The molecular formula is C17H27N3O4. The maximum absolute atomic E-state index is 12.9. The summed E-state index contributed by atoms with van der Waals surface area (Å²) in [5, 5.41) is 13.3. The minimum atomic E-state index is -0.841. The van der Waals surface area contributed by atoms with Crippen LogP contribution in [0.3, 0.4) is 0 Å². The molecule has 134 valence electrons. The number of likely N-dealkylation sites (tertiary alicyclic amines) is 2. The van der Waals surface area contributed by atoms with E-state index in [2.05, 4.69) is 5.32 Å². The van der Waals surface area contributed by atoms with Crippen LogP contribution in [0.5, 0.6) is 0 Å². The number of hydrogen-bond donors (Lipinski definition) is 2. The van der Waals surface area contributed by atoms with Crippen molar-refractivity contribution in [3.05, 3.63) is 0 Å². The molecule has 0 saturated carbocycles. The van der Waals surface area contributed by atoms with E-state index in [1.54, 1.807) is 16.7 Å². The van der Waals surface area contributed by atoms with Gasteiger partial charge in [0.15, 0.2) is 0 Å². The smallest absolute Gasteiger partial charge is 0.230 e. The fraction of sp³-hybridized carbons (Fsp3) is 0.824. The number of aliphatic hydroxyl groups excluding tert-OH is 1. The van der Waals surface area contributed by atoms with Crippen LogP contribution in [-0.4, -0.2) is 71.5 Å². The second-order valence-electron chi connectivity index (χ2n) is 7.36. The SMILES string of the molecule is CC(=O)N1CCC(C(=O)N2CC[C@@H](O)[C@@]3(CCCNC3=O)C2)CC1. The first-order chi connectivity index (χ1) is 11.4. The number of piperidine rings is 3. The molecule has 2 atom stereocenters. The second-order valence-corrected chi connectivity index (χ2v) is 7.36. The zero-order valence-electron chi connectivity index (χ0n) is 14.3. The van der Waals surface area contributed by atoms with Crippen molar-refractivity contribution in [1.29, 1.82) is 0 Å². The summed E-state index contributed by atoms with van der Waals surface area (Å²) in [7, 11) is 0. The van der Waals surface area contributed by atoms with Crippen LogP contribution >= 0.6 is 0 Å². The predicted octanol–water partition coefficient (Wildman–Crippen LogP) is -0.265. The lowest BCUT2D eigenvalue weighted by Gasteiger charge is -2.47. The molecule has 3 fully saturated rings. The molecule has 24 heavy (non-hydrogen) atoms. The van der Waals surface area contributed by atoms with Crippen LogP contribution in [-0.2, 0) is 14.4 Å². The Morgan fingerprint density at radius 2 is 1.83 bits per heavy atom. The molecule has 0 radical (unpaired) electrons. The Kier molecular flexibility index (Phi) is 4.80. The molecule has 1 spiro atoms. The first-order valence-corrected chi connectivity index (χ1v) is 8.95. The summed E-state index contributed by atoms with van der Waals surface area (Å²) < 4.78 is 0. The molecule has 3 aliphatic heterocycles. The van der Waals surface area contributed by atoms with Gasteiger partial charge in [0.1, 0.15) is 0 Å². The van der Waals surface area contributed by atoms with Crippen molar-refractivity contribution >= 4 is 17.7 Å². The van der Waals surface area contributed by atoms with Gasteiger partial charge in [-0.1, -0.05) is 0 Å². The van der Waals surface area contributed by atoms with Gasteiger partial charge >= 0.3 is 0 Å². The maximum Gasteiger partial charge on any atom is 0.230 e. The average molecular weight is 337 g/mol. The maximum atomic E-state index is 12.9. The minimum absolute atomic E-state index is 0.0554. The fourth-order valence-electron chi connectivity index (χ4n) is 4.33. The Bertz CT molecular complexity index is 530. The highest BCUT2D eigenvalue weighted by molar-refractivity contribution is 5.86. The first kappa shape index (κ1) is 17.2. The predicted molar refractivity (Wildman–Crippen MR) is 86.9 cm³/mol. The number of hydrogen-bond acceptors (Lipinski definition) is 4. The molecule has 7 nitrogen and oxygen atoms in total. The van der Waals surface area contributed by atoms with Crippen LogP contribution in [0.2, 0.25) is 0 Å². The summed E-state index contributed by atoms with van der Waals surface area (Å²) in [5.74, 6) is -0.0765. The number of carbonyl (C=O) groups is 3. The summed E-state index contributed by atoms with van der Waals surface area (Å²) in [4.78, 5) is 40.2. The molecule has 2 N–H and O–H groups in total. The fourth-order valence-corrected chi connectivity index (χ4v) is 4.33. The normalized spacial score (nSPS) is 31.9. The van der Waals surface area contributed by atoms with Gasteiger partial charge in [0.05, 0.1) is 11.5 Å². The molecule has 3 aliphatic rings. The summed E-state index contributed by atoms with van der Waals surface area (Å²) in [5.41, 5.74) is -0.841. The average Bonchev–Trinajstić information content (AvgIpc) is 2.59. The molecule has 3 amide bonds. The van der Waals surface area contributed by atoms with Crippen molar-refractivity contribution in [1.82, 2.24) is 15.1 Å². The Morgan fingerprint density at radius 3 is 2.46 bits per heavy atom. The molecule has 7 heteroatoms. The van der Waals surface area contributed by atoms with Gasteiger partial charge < -0.3 is 20.2 Å². The van der Waals surface area contributed by atoms with Crippen LogP contribution in [0.4, 0.5) is 0 Å². The van der Waals surface area contributed by atoms with Gasteiger partial charge in [-0.25, -0.2) is 0 Å². The number of rotatable bonds is 1. The van der Waals surface area contributed by atoms with E-state index in [1.807, 2.05) is 0 Å². The van der Waals surface area contributed by atoms with Gasteiger partial charge in [-0.2, -0.15) is 0 Å². The van der Waals surface area contributed by atoms with Gasteiger partial charge in [-0.3, -0.25) is 14.4 Å². The highest BCUT2D eigenvalue weighted by Gasteiger charge is 2.51. The molecule has 3 heterocycles. The van der Waals surface area contributed by atoms with E-state index in [-0.39, 0.29) is 23.6 Å². The highest BCUT2D eigenvalue weighted by atomic mass is 16.3. The number of carbonyl (C=O) groups excluding carboxylic acids is 3. The van der Waals surface area contributed by atoms with Crippen LogP contribution in [0, 0.1) is 11.3 Å². The van der Waals surface area contributed by atoms with Crippen molar-refractivity contribution in [2.45, 2.75) is 45.1 Å². The van der Waals surface area contributed by atoms with Crippen molar-refractivity contribution in [2.75, 3.05) is 32.7 Å². The summed E-state index contributed by atoms with van der Waals surface area (Å²) in [6.07, 6.45) is 2.59. The minimum Gasteiger partial charge on any atom is -0.392 e. The Hall–Kier alpha value is -1.63. The summed E-state index contributed by atoms with van der Waals surface area (Å²) >= 11 is 0. The van der Waals surface area contributed by atoms with Crippen LogP contribution < -0.4 is 5.32 Å². The lowest BCUT2D eigenvalue weighted by molar-refractivity contribution is -0.157. The van der Waals surface area contributed by atoms with Crippen molar-refractivity contribution in [3.8, 4) is 0 Å². The van der Waals surface area contributed by atoms with E-state index in [0.29, 0.717) is 58.4 Å². The lowest BCUT2D eigenvalue weighted by atomic mass is 9.71. The second kappa shape index (κ2) is 6.70. The molecule has 0 aliphatic carbocycles. The van der Waals surface area contributed by atoms with Gasteiger partial charge in [0.2, 0.25) is 17.7 Å². The Morgan fingerprint density at radius 1 is 1.17 bits per heavy atom.